The van der Waals surface area contributed by atoms with E-state index < -0.39 is 18.5 Å². The molecule has 0 saturated carbocycles. The summed E-state index contributed by atoms with van der Waals surface area (Å²) in [6.45, 7) is -2.89. The number of alkyl halides is 2. The normalized spacial score (nSPS) is 10.7. The van der Waals surface area contributed by atoms with Gasteiger partial charge in [-0.05, 0) is 54.1 Å². The minimum atomic E-state index is -2.89. The first-order valence-corrected chi connectivity index (χ1v) is 9.25. The van der Waals surface area contributed by atoms with Crippen molar-refractivity contribution in [2.45, 2.75) is 6.61 Å². The van der Waals surface area contributed by atoms with E-state index in [4.69, 9.17) is 0 Å². The van der Waals surface area contributed by atoms with Crippen LogP contribution in [0.5, 0.6) is 5.75 Å². The molecule has 3 N–H and O–H groups in total. The van der Waals surface area contributed by atoms with E-state index in [2.05, 4.69) is 20.7 Å². The van der Waals surface area contributed by atoms with E-state index in [1.165, 1.54) is 24.3 Å². The second-order valence-corrected chi connectivity index (χ2v) is 6.30. The van der Waals surface area contributed by atoms with Crippen molar-refractivity contribution in [1.29, 1.82) is 0 Å². The van der Waals surface area contributed by atoms with E-state index in [-0.39, 0.29) is 5.75 Å². The van der Waals surface area contributed by atoms with Crippen LogP contribution in [0.15, 0.2) is 84.9 Å². The number of ether oxygens (including phenoxy) is 1. The Kier molecular flexibility index (Phi) is 7.31. The maximum atomic E-state index is 12.2. The van der Waals surface area contributed by atoms with Crippen LogP contribution in [0.25, 0.3) is 6.08 Å². The van der Waals surface area contributed by atoms with Crippen LogP contribution in [-0.2, 0) is 4.79 Å². The van der Waals surface area contributed by atoms with E-state index in [1.807, 2.05) is 18.2 Å². The predicted molar refractivity (Wildman–Crippen MR) is 116 cm³/mol. The first kappa shape index (κ1) is 21.5. The number of hydrogen-bond donors (Lipinski definition) is 3. The van der Waals surface area contributed by atoms with Crippen molar-refractivity contribution in [1.82, 2.24) is 0 Å². The topological polar surface area (TPSA) is 79.5 Å². The molecule has 0 bridgehead atoms. The highest BCUT2D eigenvalue weighted by molar-refractivity contribution is 6.03. The van der Waals surface area contributed by atoms with Gasteiger partial charge in [0.1, 0.15) is 5.75 Å². The van der Waals surface area contributed by atoms with Crippen LogP contribution >= 0.6 is 0 Å². The van der Waals surface area contributed by atoms with Gasteiger partial charge in [-0.15, -0.1) is 0 Å². The quantitative estimate of drug-likeness (QED) is 0.434. The SMILES string of the molecule is O=C(/C=C/c1ccc(OC(F)F)cc1)Nc1cccc(NC(=O)Nc2ccccc2)c1. The number of urea groups is 1. The number of halogens is 2. The molecular weight excluding hydrogens is 404 g/mol. The van der Waals surface area contributed by atoms with Crippen molar-refractivity contribution in [3.63, 3.8) is 0 Å². The summed E-state index contributed by atoms with van der Waals surface area (Å²) in [6, 6.07) is 21.2. The molecule has 31 heavy (non-hydrogen) atoms. The van der Waals surface area contributed by atoms with E-state index in [0.29, 0.717) is 22.6 Å². The standard InChI is InChI=1S/C23H19F2N3O3/c24-22(25)31-20-12-9-16(10-13-20)11-14-21(29)26-18-7-4-8-19(15-18)28-23(30)27-17-5-2-1-3-6-17/h1-15,22H,(H,26,29)(H2,27,28,30)/b14-11+. The molecule has 3 amide bonds. The van der Waals surface area contributed by atoms with Crippen molar-refractivity contribution in [2.75, 3.05) is 16.0 Å². The van der Waals surface area contributed by atoms with Crippen LogP contribution in [0.2, 0.25) is 0 Å². The lowest BCUT2D eigenvalue weighted by Crippen LogP contribution is -2.19. The summed E-state index contributed by atoms with van der Waals surface area (Å²) in [5.41, 5.74) is 2.30. The van der Waals surface area contributed by atoms with E-state index in [9.17, 15) is 18.4 Å². The third-order valence-electron chi connectivity index (χ3n) is 3.95. The molecular formula is C23H19F2N3O3. The minimum Gasteiger partial charge on any atom is -0.435 e. The van der Waals surface area contributed by atoms with E-state index in [0.717, 1.165) is 0 Å². The summed E-state index contributed by atoms with van der Waals surface area (Å²) in [7, 11) is 0. The zero-order valence-corrected chi connectivity index (χ0v) is 16.2. The lowest BCUT2D eigenvalue weighted by Gasteiger charge is -2.09. The highest BCUT2D eigenvalue weighted by Crippen LogP contribution is 2.17. The van der Waals surface area contributed by atoms with Crippen LogP contribution in [0, 0.1) is 0 Å². The lowest BCUT2D eigenvalue weighted by atomic mass is 10.2. The van der Waals surface area contributed by atoms with Crippen molar-refractivity contribution < 1.29 is 23.1 Å². The Bertz CT molecular complexity index is 1060. The molecule has 0 heterocycles. The van der Waals surface area contributed by atoms with E-state index >= 15 is 0 Å². The zero-order valence-electron chi connectivity index (χ0n) is 16.2. The molecule has 3 rings (SSSR count). The number of nitrogens with one attached hydrogen (secondary N) is 3. The van der Waals surface area contributed by atoms with Gasteiger partial charge in [-0.3, -0.25) is 4.79 Å². The number of para-hydroxylation sites is 1. The fourth-order valence-electron chi connectivity index (χ4n) is 2.61. The summed E-state index contributed by atoms with van der Waals surface area (Å²) in [6.07, 6.45) is 2.85. The maximum Gasteiger partial charge on any atom is 0.387 e. The Morgan fingerprint density at radius 3 is 2.06 bits per heavy atom. The fourth-order valence-corrected chi connectivity index (χ4v) is 2.61. The van der Waals surface area contributed by atoms with Gasteiger partial charge >= 0.3 is 12.6 Å². The molecule has 3 aromatic carbocycles. The Hall–Kier alpha value is -4.20. The highest BCUT2D eigenvalue weighted by Gasteiger charge is 2.05. The molecule has 0 atom stereocenters. The molecule has 0 fully saturated rings. The second kappa shape index (κ2) is 10.5. The molecule has 158 valence electrons. The number of anilines is 3. The Balaban J connectivity index is 1.54. The molecule has 0 aliphatic carbocycles. The Morgan fingerprint density at radius 1 is 0.774 bits per heavy atom. The first-order chi connectivity index (χ1) is 15.0. The second-order valence-electron chi connectivity index (χ2n) is 6.30. The number of hydrogen-bond acceptors (Lipinski definition) is 3. The van der Waals surface area contributed by atoms with Crippen LogP contribution in [0.4, 0.5) is 30.6 Å². The largest absolute Gasteiger partial charge is 0.435 e. The summed E-state index contributed by atoms with van der Waals surface area (Å²) in [5, 5.41) is 8.09. The third kappa shape index (κ3) is 7.28. The molecule has 0 unspecified atom stereocenters. The summed E-state index contributed by atoms with van der Waals surface area (Å²) in [4.78, 5) is 24.2. The van der Waals surface area contributed by atoms with Crippen LogP contribution in [-0.4, -0.2) is 18.5 Å². The summed E-state index contributed by atoms with van der Waals surface area (Å²) >= 11 is 0. The van der Waals surface area contributed by atoms with Crippen LogP contribution < -0.4 is 20.7 Å². The lowest BCUT2D eigenvalue weighted by molar-refractivity contribution is -0.111. The Morgan fingerprint density at radius 2 is 1.39 bits per heavy atom. The fraction of sp³-hybridized carbons (Fsp3) is 0.0435. The monoisotopic (exact) mass is 423 g/mol. The maximum absolute atomic E-state index is 12.2. The number of rotatable bonds is 7. The van der Waals surface area contributed by atoms with Gasteiger partial charge in [-0.2, -0.15) is 8.78 Å². The number of benzene rings is 3. The molecule has 8 heteroatoms. The van der Waals surface area contributed by atoms with Gasteiger partial charge < -0.3 is 20.7 Å². The molecule has 0 radical (unpaired) electrons. The van der Waals surface area contributed by atoms with E-state index in [1.54, 1.807) is 48.5 Å². The van der Waals surface area contributed by atoms with Gasteiger partial charge in [-0.1, -0.05) is 36.4 Å². The number of carbonyl (C=O) groups is 2. The summed E-state index contributed by atoms with van der Waals surface area (Å²) in [5.74, 6) is -0.351. The molecule has 6 nitrogen and oxygen atoms in total. The molecule has 0 spiro atoms. The van der Waals surface area contributed by atoms with Crippen molar-refractivity contribution >= 4 is 35.1 Å². The van der Waals surface area contributed by atoms with Gasteiger partial charge in [0.05, 0.1) is 0 Å². The van der Waals surface area contributed by atoms with Crippen LogP contribution in [0.1, 0.15) is 5.56 Å². The smallest absolute Gasteiger partial charge is 0.387 e. The van der Waals surface area contributed by atoms with Gasteiger partial charge in [-0.25, -0.2) is 4.79 Å². The highest BCUT2D eigenvalue weighted by atomic mass is 19.3. The van der Waals surface area contributed by atoms with Gasteiger partial charge in [0.15, 0.2) is 0 Å². The van der Waals surface area contributed by atoms with Gasteiger partial charge in [0.2, 0.25) is 5.91 Å². The number of amides is 3. The number of carbonyl (C=O) groups excluding carboxylic acids is 2. The molecule has 0 aliphatic rings. The van der Waals surface area contributed by atoms with Crippen LogP contribution in [0.3, 0.4) is 0 Å². The average molecular weight is 423 g/mol. The first-order valence-electron chi connectivity index (χ1n) is 9.25. The van der Waals surface area contributed by atoms with Crippen molar-refractivity contribution in [3.05, 3.63) is 90.5 Å². The summed E-state index contributed by atoms with van der Waals surface area (Å²) < 4.78 is 28.6. The van der Waals surface area contributed by atoms with Crippen molar-refractivity contribution in [3.8, 4) is 5.75 Å². The molecule has 3 aromatic rings. The molecule has 0 aliphatic heterocycles. The van der Waals surface area contributed by atoms with Gasteiger partial charge in [0, 0.05) is 23.1 Å². The zero-order chi connectivity index (χ0) is 22.1. The van der Waals surface area contributed by atoms with Crippen molar-refractivity contribution in [2.24, 2.45) is 0 Å². The Labute approximate surface area is 177 Å². The minimum absolute atomic E-state index is 0.0391. The molecule has 0 aromatic heterocycles. The average Bonchev–Trinajstić information content (AvgIpc) is 2.74. The third-order valence-corrected chi connectivity index (χ3v) is 3.95. The predicted octanol–water partition coefficient (Wildman–Crippen LogP) is 5.58. The molecule has 0 saturated heterocycles. The van der Waals surface area contributed by atoms with Gasteiger partial charge in [0.25, 0.3) is 0 Å².